The molecule has 4 atom stereocenters. The zero-order valence-electron chi connectivity index (χ0n) is 22.5. The van der Waals surface area contributed by atoms with E-state index in [1.807, 2.05) is 6.92 Å². The molecule has 2 bridgehead atoms. The summed E-state index contributed by atoms with van der Waals surface area (Å²) in [6, 6.07) is 5.57. The zero-order valence-corrected chi connectivity index (χ0v) is 23.3. The number of benzene rings is 1. The molecule has 40 heavy (non-hydrogen) atoms. The summed E-state index contributed by atoms with van der Waals surface area (Å²) < 4.78 is 48.1. The lowest BCUT2D eigenvalue weighted by Crippen LogP contribution is -2.38. The first kappa shape index (κ1) is 25.4. The molecule has 0 saturated heterocycles. The van der Waals surface area contributed by atoms with E-state index in [2.05, 4.69) is 39.9 Å². The fourth-order valence-electron chi connectivity index (χ4n) is 6.98. The van der Waals surface area contributed by atoms with E-state index in [1.54, 1.807) is 18.5 Å². The maximum atomic E-state index is 14.6. The molecule has 7 nitrogen and oxygen atoms in total. The van der Waals surface area contributed by atoms with Crippen molar-refractivity contribution in [2.45, 2.75) is 68.3 Å². The van der Waals surface area contributed by atoms with E-state index in [0.717, 1.165) is 42.6 Å². The fraction of sp³-hybridized carbons (Fsp3) is 0.400. The molecule has 0 spiro atoms. The summed E-state index contributed by atoms with van der Waals surface area (Å²) in [4.78, 5) is 14.1. The molecule has 3 aromatic heterocycles. The van der Waals surface area contributed by atoms with Gasteiger partial charge in [0.2, 0.25) is 5.89 Å². The van der Waals surface area contributed by atoms with Gasteiger partial charge in [0.25, 0.3) is 0 Å². The van der Waals surface area contributed by atoms with Crippen LogP contribution in [0.3, 0.4) is 0 Å². The van der Waals surface area contributed by atoms with E-state index in [0.29, 0.717) is 17.3 Å². The highest BCUT2D eigenvalue weighted by Gasteiger charge is 2.65. The average Bonchev–Trinajstić information content (AvgIpc) is 3.58. The van der Waals surface area contributed by atoms with Crippen LogP contribution in [0.1, 0.15) is 80.3 Å². The highest BCUT2D eigenvalue weighted by molar-refractivity contribution is 8.01. The lowest BCUT2D eigenvalue weighted by Gasteiger charge is -2.37. The van der Waals surface area contributed by atoms with Gasteiger partial charge in [-0.1, -0.05) is 19.9 Å². The largest absolute Gasteiger partial charge is 0.443 e. The Labute approximate surface area is 231 Å². The van der Waals surface area contributed by atoms with Gasteiger partial charge in [0.1, 0.15) is 23.6 Å². The number of rotatable bonds is 6. The van der Waals surface area contributed by atoms with Gasteiger partial charge in [0.15, 0.2) is 0 Å². The minimum Gasteiger partial charge on any atom is -0.443 e. The summed E-state index contributed by atoms with van der Waals surface area (Å²) in [6.45, 7) is 6.24. The Hall–Kier alpha value is -3.53. The smallest absolute Gasteiger partial charge is 0.246 e. The second-order valence-electron chi connectivity index (χ2n) is 11.8. The Kier molecular flexibility index (Phi) is 5.40. The summed E-state index contributed by atoms with van der Waals surface area (Å²) in [5, 5.41) is 8.71. The Balaban J connectivity index is 1.29. The minimum absolute atomic E-state index is 0.110. The molecule has 7 rings (SSSR count). The quantitative estimate of drug-likeness (QED) is 0.266. The number of aromatic nitrogens is 5. The lowest BCUT2D eigenvalue weighted by molar-refractivity contribution is 0.242. The number of oxazole rings is 1. The van der Waals surface area contributed by atoms with Crippen LogP contribution in [0.25, 0.3) is 22.8 Å². The number of hydrogen-bond acceptors (Lipinski definition) is 7. The van der Waals surface area contributed by atoms with Crippen LogP contribution in [0.5, 0.6) is 0 Å². The Morgan fingerprint density at radius 2 is 1.82 bits per heavy atom. The predicted octanol–water partition coefficient (Wildman–Crippen LogP) is 6.01. The van der Waals surface area contributed by atoms with Crippen LogP contribution < -0.4 is 0 Å². The average molecular weight is 562 g/mol. The van der Waals surface area contributed by atoms with Gasteiger partial charge in [0.05, 0.1) is 45.2 Å². The summed E-state index contributed by atoms with van der Waals surface area (Å²) >= 11 is 0. The molecular weight excluding hydrogens is 532 g/mol. The van der Waals surface area contributed by atoms with Crippen LogP contribution in [0.4, 0.5) is 8.78 Å². The van der Waals surface area contributed by atoms with Crippen molar-refractivity contribution < 1.29 is 17.4 Å². The molecule has 0 radical (unpaired) electrons. The van der Waals surface area contributed by atoms with Crippen LogP contribution in [0.15, 0.2) is 47.3 Å². The normalized spacial score (nSPS) is 25.0. The first-order chi connectivity index (χ1) is 19.1. The number of fused-ring (bicyclic) bond motifs is 5. The molecule has 1 unspecified atom stereocenters. The van der Waals surface area contributed by atoms with E-state index in [4.69, 9.17) is 9.40 Å². The summed E-state index contributed by atoms with van der Waals surface area (Å²) in [5.74, 6) is 3.09. The van der Waals surface area contributed by atoms with Gasteiger partial charge in [0, 0.05) is 11.4 Å². The topological polar surface area (TPSA) is 94.7 Å². The van der Waals surface area contributed by atoms with E-state index in [9.17, 15) is 13.0 Å². The van der Waals surface area contributed by atoms with Crippen molar-refractivity contribution in [3.05, 3.63) is 77.2 Å². The van der Waals surface area contributed by atoms with Crippen molar-refractivity contribution in [2.75, 3.05) is 0 Å². The molecule has 1 aromatic carbocycles. The molecule has 0 amide bonds. The first-order valence-electron chi connectivity index (χ1n) is 13.5. The molecule has 2 saturated carbocycles. The number of hydrogen-bond donors (Lipinski definition) is 0. The second kappa shape index (κ2) is 8.49. The summed E-state index contributed by atoms with van der Waals surface area (Å²) in [7, 11) is -2.32. The van der Waals surface area contributed by atoms with Crippen molar-refractivity contribution in [3.8, 4) is 22.8 Å². The van der Waals surface area contributed by atoms with Gasteiger partial charge in [-0.15, -0.1) is 5.10 Å². The second-order valence-corrected chi connectivity index (χ2v) is 14.8. The van der Waals surface area contributed by atoms with E-state index >= 15 is 0 Å². The molecule has 4 aromatic rings. The van der Waals surface area contributed by atoms with E-state index in [-0.39, 0.29) is 33.1 Å². The van der Waals surface area contributed by atoms with E-state index < -0.39 is 26.6 Å². The Bertz CT molecular complexity index is 1760. The molecule has 2 fully saturated rings. The van der Waals surface area contributed by atoms with E-state index in [1.165, 1.54) is 24.5 Å². The Morgan fingerprint density at radius 1 is 1.07 bits per heavy atom. The van der Waals surface area contributed by atoms with Crippen molar-refractivity contribution in [2.24, 2.45) is 5.41 Å². The Morgan fingerprint density at radius 3 is 2.55 bits per heavy atom. The minimum atomic E-state index is -2.32. The van der Waals surface area contributed by atoms with Crippen LogP contribution in [0, 0.1) is 17.0 Å². The predicted molar refractivity (Wildman–Crippen MR) is 148 cm³/mol. The maximum Gasteiger partial charge on any atom is 0.246 e. The number of halogens is 2. The third-order valence-electron chi connectivity index (χ3n) is 9.52. The van der Waals surface area contributed by atoms with Crippen molar-refractivity contribution >= 4 is 15.4 Å². The zero-order chi connectivity index (χ0) is 28.0. The molecular formula is C30H29F2N5O2S. The van der Waals surface area contributed by atoms with Gasteiger partial charge in [-0.05, 0) is 83.1 Å². The molecule has 0 aliphatic heterocycles. The molecule has 206 valence electrons. The van der Waals surface area contributed by atoms with Crippen molar-refractivity contribution in [3.63, 3.8) is 0 Å². The maximum absolute atomic E-state index is 14.6. The fourth-order valence-corrected chi connectivity index (χ4v) is 9.01. The third-order valence-corrected chi connectivity index (χ3v) is 12.6. The van der Waals surface area contributed by atoms with Gasteiger partial charge < -0.3 is 4.42 Å². The SMILES string of the molecule is C=S(=O)(C1CC1)[C@@H](C)c1coc(-c2cncc([C@@]34CC[C@@H](c5cc(-c6c(F)cccc6F)nnc53)C4(C)C)n2)n1. The van der Waals surface area contributed by atoms with Gasteiger partial charge >= 0.3 is 0 Å². The van der Waals surface area contributed by atoms with Crippen LogP contribution in [0.2, 0.25) is 0 Å². The van der Waals surface area contributed by atoms with Crippen molar-refractivity contribution in [1.29, 1.82) is 0 Å². The monoisotopic (exact) mass is 561 g/mol. The lowest BCUT2D eigenvalue weighted by atomic mass is 9.66. The van der Waals surface area contributed by atoms with Gasteiger partial charge in [-0.2, -0.15) is 5.10 Å². The highest BCUT2D eigenvalue weighted by Crippen LogP contribution is 2.69. The molecule has 3 aliphatic rings. The molecule has 10 heteroatoms. The number of nitrogens with zero attached hydrogens (tertiary/aromatic N) is 5. The van der Waals surface area contributed by atoms with Gasteiger partial charge in [-0.3, -0.25) is 9.19 Å². The third kappa shape index (κ3) is 3.41. The van der Waals surface area contributed by atoms with Crippen LogP contribution in [-0.2, 0) is 14.9 Å². The standard InChI is InChI=1S/C30H29F2N5O2S/c1-16(40(4,38)17-8-9-17)24-15-39-28(35-24)23-13-33-14-25(34-23)30-11-10-19(29(30,2)3)18-12-22(36-37-27(18)30)26-20(31)6-5-7-21(26)32/h5-7,12-17,19H,4,8-11H2,1-3H3/t16-,19-,30-,40?/m0/s1. The van der Waals surface area contributed by atoms with Crippen LogP contribution >= 0.6 is 0 Å². The van der Waals surface area contributed by atoms with Gasteiger partial charge in [-0.25, -0.2) is 18.7 Å². The summed E-state index contributed by atoms with van der Waals surface area (Å²) in [6.07, 6.45) is 8.42. The molecule has 3 aliphatic carbocycles. The van der Waals surface area contributed by atoms with Crippen molar-refractivity contribution in [1.82, 2.24) is 25.1 Å². The van der Waals surface area contributed by atoms with Crippen LogP contribution in [-0.4, -0.2) is 40.5 Å². The molecule has 3 heterocycles. The molecule has 0 N–H and O–H groups in total. The summed E-state index contributed by atoms with van der Waals surface area (Å²) in [5.41, 5.74) is 2.62. The first-order valence-corrected chi connectivity index (χ1v) is 15.4. The highest BCUT2D eigenvalue weighted by atomic mass is 32.2.